The first kappa shape index (κ1) is 14.1. The number of hydrogen-bond donors (Lipinski definition) is 1. The molecule has 1 aliphatic heterocycles. The molecule has 2 heterocycles. The Kier molecular flexibility index (Phi) is 3.69. The quantitative estimate of drug-likeness (QED) is 0.889. The van der Waals surface area contributed by atoms with Crippen LogP contribution in [-0.2, 0) is 16.4 Å². The number of rotatable bonds is 3. The molecule has 1 saturated heterocycles. The van der Waals surface area contributed by atoms with Crippen molar-refractivity contribution < 1.29 is 22.7 Å². The molecule has 0 saturated carbocycles. The van der Waals surface area contributed by atoms with Crippen molar-refractivity contribution in [2.45, 2.75) is 26.4 Å². The van der Waals surface area contributed by atoms with Gasteiger partial charge in [0.05, 0.1) is 11.5 Å². The zero-order chi connectivity index (χ0) is 14.2. The monoisotopic (exact) mass is 287 g/mol. The molecular weight excluding hydrogens is 270 g/mol. The molecule has 19 heavy (non-hydrogen) atoms. The molecule has 7 heteroatoms. The fourth-order valence-corrected chi connectivity index (χ4v) is 3.89. The number of nitrogens with zero attached hydrogens (tertiary/aromatic N) is 1. The Morgan fingerprint density at radius 1 is 1.58 bits per heavy atom. The summed E-state index contributed by atoms with van der Waals surface area (Å²) in [7, 11) is -2.93. The first-order valence-electron chi connectivity index (χ1n) is 6.05. The molecule has 106 valence electrons. The summed E-state index contributed by atoms with van der Waals surface area (Å²) < 4.78 is 28.1. The van der Waals surface area contributed by atoms with Crippen molar-refractivity contribution in [3.05, 3.63) is 23.2 Å². The average Bonchev–Trinajstić information content (AvgIpc) is 2.64. The highest BCUT2D eigenvalue weighted by Crippen LogP contribution is 2.20. The predicted molar refractivity (Wildman–Crippen MR) is 68.9 cm³/mol. The van der Waals surface area contributed by atoms with E-state index >= 15 is 0 Å². The molecule has 1 aromatic rings. The van der Waals surface area contributed by atoms with Gasteiger partial charge in [0.25, 0.3) is 0 Å². The lowest BCUT2D eigenvalue weighted by molar-refractivity contribution is 0.0661. The fourth-order valence-electron chi connectivity index (χ4n) is 2.27. The van der Waals surface area contributed by atoms with E-state index in [2.05, 4.69) is 0 Å². The van der Waals surface area contributed by atoms with Gasteiger partial charge >= 0.3 is 5.97 Å². The van der Waals surface area contributed by atoms with Crippen LogP contribution >= 0.6 is 0 Å². The minimum atomic E-state index is -2.93. The zero-order valence-electron chi connectivity index (χ0n) is 10.9. The highest BCUT2D eigenvalue weighted by Gasteiger charge is 2.28. The van der Waals surface area contributed by atoms with Gasteiger partial charge in [-0.05, 0) is 19.9 Å². The third kappa shape index (κ3) is 3.16. The van der Waals surface area contributed by atoms with Gasteiger partial charge in [0.1, 0.15) is 5.76 Å². The molecule has 6 nitrogen and oxygen atoms in total. The van der Waals surface area contributed by atoms with Crippen LogP contribution in [0.3, 0.4) is 0 Å². The van der Waals surface area contributed by atoms with Crippen molar-refractivity contribution in [1.29, 1.82) is 0 Å². The zero-order valence-corrected chi connectivity index (χ0v) is 11.7. The molecule has 1 aliphatic rings. The molecule has 0 spiro atoms. The maximum absolute atomic E-state index is 11.5. The van der Waals surface area contributed by atoms with Crippen LogP contribution < -0.4 is 0 Å². The van der Waals surface area contributed by atoms with Crippen LogP contribution in [0, 0.1) is 6.92 Å². The molecule has 1 fully saturated rings. The Bertz CT molecular complexity index is 589. The van der Waals surface area contributed by atoms with Gasteiger partial charge in [-0.1, -0.05) is 0 Å². The molecule has 1 unspecified atom stereocenters. The van der Waals surface area contributed by atoms with E-state index in [9.17, 15) is 13.2 Å². The van der Waals surface area contributed by atoms with Crippen molar-refractivity contribution in [1.82, 2.24) is 4.90 Å². The summed E-state index contributed by atoms with van der Waals surface area (Å²) in [5.74, 6) is -0.304. The molecule has 1 atom stereocenters. The standard InChI is InChI=1S/C12H17NO5S/c1-8-7-19(16,17)4-3-13(8)6-10-5-11(12(14)15)18-9(10)2/h5,8H,3-4,6-7H2,1-2H3,(H,14,15). The number of sulfone groups is 1. The van der Waals surface area contributed by atoms with Crippen LogP contribution in [0.1, 0.15) is 28.8 Å². The maximum Gasteiger partial charge on any atom is 0.371 e. The smallest absolute Gasteiger partial charge is 0.371 e. The van der Waals surface area contributed by atoms with E-state index in [1.807, 2.05) is 11.8 Å². The predicted octanol–water partition coefficient (Wildman–Crippen LogP) is 0.905. The SMILES string of the molecule is Cc1oc(C(=O)O)cc1CN1CCS(=O)(=O)CC1C. The van der Waals surface area contributed by atoms with Crippen molar-refractivity contribution in [2.75, 3.05) is 18.1 Å². The summed E-state index contributed by atoms with van der Waals surface area (Å²) in [5, 5.41) is 8.86. The molecule has 0 bridgehead atoms. The van der Waals surface area contributed by atoms with Gasteiger partial charge in [0.15, 0.2) is 9.84 Å². The van der Waals surface area contributed by atoms with Gasteiger partial charge in [0, 0.05) is 24.7 Å². The average molecular weight is 287 g/mol. The van der Waals surface area contributed by atoms with Crippen molar-refractivity contribution in [3.8, 4) is 0 Å². The van der Waals surface area contributed by atoms with Gasteiger partial charge < -0.3 is 9.52 Å². The van der Waals surface area contributed by atoms with Gasteiger partial charge in [-0.25, -0.2) is 13.2 Å². The van der Waals surface area contributed by atoms with Crippen LogP contribution in [0.2, 0.25) is 0 Å². The van der Waals surface area contributed by atoms with Crippen LogP contribution in [0.15, 0.2) is 10.5 Å². The van der Waals surface area contributed by atoms with Crippen molar-refractivity contribution in [2.24, 2.45) is 0 Å². The number of furan rings is 1. The molecule has 0 aliphatic carbocycles. The Balaban J connectivity index is 2.12. The molecule has 0 aromatic carbocycles. The number of carboxylic acid groups (broad SMARTS) is 1. The Labute approximate surface area is 111 Å². The van der Waals surface area contributed by atoms with Crippen LogP contribution in [0.25, 0.3) is 0 Å². The maximum atomic E-state index is 11.5. The van der Waals surface area contributed by atoms with Gasteiger partial charge in [0.2, 0.25) is 5.76 Å². The second-order valence-corrected chi connectivity index (χ2v) is 7.16. The van der Waals surface area contributed by atoms with Gasteiger partial charge in [-0.15, -0.1) is 0 Å². The number of carbonyl (C=O) groups is 1. The van der Waals surface area contributed by atoms with E-state index in [1.54, 1.807) is 6.92 Å². The van der Waals surface area contributed by atoms with Gasteiger partial charge in [-0.2, -0.15) is 0 Å². The van der Waals surface area contributed by atoms with Crippen LogP contribution in [-0.4, -0.2) is 48.5 Å². The summed E-state index contributed by atoms with van der Waals surface area (Å²) in [6, 6.07) is 1.44. The first-order chi connectivity index (χ1) is 8.78. The van der Waals surface area contributed by atoms with Crippen LogP contribution in [0.4, 0.5) is 0 Å². The topological polar surface area (TPSA) is 87.8 Å². The van der Waals surface area contributed by atoms with E-state index in [0.29, 0.717) is 18.8 Å². The second kappa shape index (κ2) is 4.97. The summed E-state index contributed by atoms with van der Waals surface area (Å²) >= 11 is 0. The van der Waals surface area contributed by atoms with Crippen LogP contribution in [0.5, 0.6) is 0 Å². The minimum Gasteiger partial charge on any atom is -0.475 e. The second-order valence-electron chi connectivity index (χ2n) is 4.93. The molecule has 1 N–H and O–H groups in total. The molecule has 0 radical (unpaired) electrons. The number of aromatic carboxylic acids is 1. The van der Waals surface area contributed by atoms with Gasteiger partial charge in [-0.3, -0.25) is 4.90 Å². The summed E-state index contributed by atoms with van der Waals surface area (Å²) in [6.07, 6.45) is 0. The Morgan fingerprint density at radius 3 is 2.79 bits per heavy atom. The van der Waals surface area contributed by atoms with E-state index in [-0.39, 0.29) is 23.3 Å². The number of aryl methyl sites for hydroxylation is 1. The molecule has 1 aromatic heterocycles. The molecule has 0 amide bonds. The lowest BCUT2D eigenvalue weighted by Gasteiger charge is -2.32. The van der Waals surface area contributed by atoms with E-state index in [1.165, 1.54) is 6.07 Å². The number of hydrogen-bond acceptors (Lipinski definition) is 5. The Hall–Kier alpha value is -1.34. The van der Waals surface area contributed by atoms with E-state index < -0.39 is 15.8 Å². The lowest BCUT2D eigenvalue weighted by Crippen LogP contribution is -2.46. The first-order valence-corrected chi connectivity index (χ1v) is 7.88. The van der Waals surface area contributed by atoms with E-state index in [4.69, 9.17) is 9.52 Å². The minimum absolute atomic E-state index is 0.0682. The molecule has 2 rings (SSSR count). The lowest BCUT2D eigenvalue weighted by atomic mass is 10.2. The highest BCUT2D eigenvalue weighted by molar-refractivity contribution is 7.91. The van der Waals surface area contributed by atoms with Crippen molar-refractivity contribution >= 4 is 15.8 Å². The summed E-state index contributed by atoms with van der Waals surface area (Å²) in [5.41, 5.74) is 0.795. The third-order valence-electron chi connectivity index (χ3n) is 3.41. The fraction of sp³-hybridized carbons (Fsp3) is 0.583. The largest absolute Gasteiger partial charge is 0.475 e. The normalized spacial score (nSPS) is 23.4. The summed E-state index contributed by atoms with van der Waals surface area (Å²) in [6.45, 7) is 4.56. The third-order valence-corrected chi connectivity index (χ3v) is 5.21. The molecular formula is C12H17NO5S. The van der Waals surface area contributed by atoms with Crippen molar-refractivity contribution in [3.63, 3.8) is 0 Å². The highest BCUT2D eigenvalue weighted by atomic mass is 32.2. The van der Waals surface area contributed by atoms with E-state index in [0.717, 1.165) is 5.56 Å². The summed E-state index contributed by atoms with van der Waals surface area (Å²) in [4.78, 5) is 12.9. The Morgan fingerprint density at radius 2 is 2.26 bits per heavy atom. The number of carboxylic acids is 1.